The van der Waals surface area contributed by atoms with Crippen molar-refractivity contribution in [3.05, 3.63) is 76.2 Å². The Morgan fingerprint density at radius 3 is 2.70 bits per heavy atom. The summed E-state index contributed by atoms with van der Waals surface area (Å²) in [4.78, 5) is 42.8. The van der Waals surface area contributed by atoms with Crippen molar-refractivity contribution in [3.63, 3.8) is 0 Å². The van der Waals surface area contributed by atoms with Gasteiger partial charge in [-0.2, -0.15) is 0 Å². The van der Waals surface area contributed by atoms with Gasteiger partial charge in [-0.3, -0.25) is 14.6 Å². The standard InChI is InChI=1S/C17H13N3O3/c21-10-14(11-5-2-1-3-6-11)20-17(23)12-9-19-13-7-4-8-18-15(13)16(12)22/h1-10,14H,(H,19,22)(H,20,23). The van der Waals surface area contributed by atoms with Crippen LogP contribution in [0.4, 0.5) is 0 Å². The highest BCUT2D eigenvalue weighted by Crippen LogP contribution is 2.11. The number of aldehydes is 1. The molecule has 114 valence electrons. The zero-order valence-corrected chi connectivity index (χ0v) is 12.0. The minimum atomic E-state index is -0.817. The van der Waals surface area contributed by atoms with E-state index in [1.807, 2.05) is 6.07 Å². The molecule has 6 heteroatoms. The molecule has 1 amide bonds. The van der Waals surface area contributed by atoms with Crippen molar-refractivity contribution in [2.45, 2.75) is 6.04 Å². The molecular weight excluding hydrogens is 294 g/mol. The lowest BCUT2D eigenvalue weighted by molar-refractivity contribution is -0.109. The number of benzene rings is 1. The number of hydrogen-bond acceptors (Lipinski definition) is 4. The predicted octanol–water partition coefficient (Wildman–Crippen LogP) is 1.59. The number of aromatic nitrogens is 2. The minimum Gasteiger partial charge on any atom is -0.359 e. The molecule has 3 aromatic rings. The first-order chi connectivity index (χ1) is 11.2. The van der Waals surface area contributed by atoms with E-state index in [9.17, 15) is 14.4 Å². The summed E-state index contributed by atoms with van der Waals surface area (Å²) in [6.45, 7) is 0. The molecule has 0 bridgehead atoms. The van der Waals surface area contributed by atoms with Crippen LogP contribution in [-0.4, -0.2) is 22.2 Å². The number of amides is 1. The first kappa shape index (κ1) is 14.6. The Kier molecular flexibility index (Phi) is 3.97. The van der Waals surface area contributed by atoms with E-state index in [1.165, 1.54) is 12.4 Å². The summed E-state index contributed by atoms with van der Waals surface area (Å²) < 4.78 is 0. The van der Waals surface area contributed by atoms with Gasteiger partial charge >= 0.3 is 0 Å². The van der Waals surface area contributed by atoms with E-state index in [0.717, 1.165) is 0 Å². The van der Waals surface area contributed by atoms with Crippen LogP contribution < -0.4 is 10.7 Å². The lowest BCUT2D eigenvalue weighted by Crippen LogP contribution is -2.33. The quantitative estimate of drug-likeness (QED) is 0.716. The highest BCUT2D eigenvalue weighted by molar-refractivity contribution is 5.97. The number of H-pyrrole nitrogens is 1. The third-order valence-electron chi connectivity index (χ3n) is 3.47. The second-order valence-electron chi connectivity index (χ2n) is 4.93. The van der Waals surface area contributed by atoms with Crippen LogP contribution >= 0.6 is 0 Å². The van der Waals surface area contributed by atoms with E-state index >= 15 is 0 Å². The minimum absolute atomic E-state index is 0.0843. The summed E-state index contributed by atoms with van der Waals surface area (Å²) in [6, 6.07) is 11.4. The number of nitrogens with zero attached hydrogens (tertiary/aromatic N) is 1. The number of pyridine rings is 2. The summed E-state index contributed by atoms with van der Waals surface area (Å²) in [5, 5.41) is 2.55. The normalized spacial score (nSPS) is 11.8. The van der Waals surface area contributed by atoms with Crippen molar-refractivity contribution < 1.29 is 9.59 Å². The van der Waals surface area contributed by atoms with Crippen LogP contribution in [-0.2, 0) is 4.79 Å². The Hall–Kier alpha value is -3.28. The number of hydrogen-bond donors (Lipinski definition) is 2. The lowest BCUT2D eigenvalue weighted by Gasteiger charge is -2.13. The third-order valence-corrected chi connectivity index (χ3v) is 3.47. The second-order valence-corrected chi connectivity index (χ2v) is 4.93. The molecule has 1 aromatic carbocycles. The van der Waals surface area contributed by atoms with Crippen molar-refractivity contribution in [2.24, 2.45) is 0 Å². The van der Waals surface area contributed by atoms with Gasteiger partial charge in [0.25, 0.3) is 5.91 Å². The van der Waals surface area contributed by atoms with Crippen LogP contribution in [0.25, 0.3) is 11.0 Å². The number of rotatable bonds is 4. The van der Waals surface area contributed by atoms with Gasteiger partial charge in [0.1, 0.15) is 23.4 Å². The van der Waals surface area contributed by atoms with Crippen LogP contribution in [0.3, 0.4) is 0 Å². The van der Waals surface area contributed by atoms with Crippen molar-refractivity contribution in [1.82, 2.24) is 15.3 Å². The smallest absolute Gasteiger partial charge is 0.257 e. The molecule has 0 saturated heterocycles. The molecule has 2 aromatic heterocycles. The van der Waals surface area contributed by atoms with E-state index in [4.69, 9.17) is 0 Å². The maximum absolute atomic E-state index is 12.3. The Morgan fingerprint density at radius 1 is 1.17 bits per heavy atom. The van der Waals surface area contributed by atoms with Crippen LogP contribution in [0.5, 0.6) is 0 Å². The molecular formula is C17H13N3O3. The summed E-state index contributed by atoms with van der Waals surface area (Å²) in [7, 11) is 0. The molecule has 0 fully saturated rings. The van der Waals surface area contributed by atoms with Gasteiger partial charge < -0.3 is 15.1 Å². The highest BCUT2D eigenvalue weighted by atomic mass is 16.2. The molecule has 0 saturated carbocycles. The van der Waals surface area contributed by atoms with E-state index < -0.39 is 17.4 Å². The van der Waals surface area contributed by atoms with Gasteiger partial charge in [0.15, 0.2) is 0 Å². The highest BCUT2D eigenvalue weighted by Gasteiger charge is 2.18. The van der Waals surface area contributed by atoms with Crippen LogP contribution in [0, 0.1) is 0 Å². The number of carbonyl (C=O) groups excluding carboxylic acids is 2. The molecule has 0 radical (unpaired) electrons. The Bertz CT molecular complexity index is 919. The van der Waals surface area contributed by atoms with Crippen molar-refractivity contribution >= 4 is 23.2 Å². The molecule has 2 N–H and O–H groups in total. The van der Waals surface area contributed by atoms with E-state index in [-0.39, 0.29) is 11.1 Å². The largest absolute Gasteiger partial charge is 0.359 e. The topological polar surface area (TPSA) is 91.9 Å². The zero-order valence-electron chi connectivity index (χ0n) is 12.0. The average molecular weight is 307 g/mol. The summed E-state index contributed by atoms with van der Waals surface area (Å²) >= 11 is 0. The van der Waals surface area contributed by atoms with Gasteiger partial charge in [-0.1, -0.05) is 30.3 Å². The molecule has 0 aliphatic heterocycles. The molecule has 2 heterocycles. The van der Waals surface area contributed by atoms with Crippen LogP contribution in [0.1, 0.15) is 22.0 Å². The summed E-state index contributed by atoms with van der Waals surface area (Å²) in [6.07, 6.45) is 3.44. The number of fused-ring (bicyclic) bond motifs is 1. The maximum atomic E-state index is 12.3. The summed E-state index contributed by atoms with van der Waals surface area (Å²) in [5.41, 5.74) is 0.811. The molecule has 6 nitrogen and oxygen atoms in total. The average Bonchev–Trinajstić information content (AvgIpc) is 2.60. The first-order valence-electron chi connectivity index (χ1n) is 6.98. The second kappa shape index (κ2) is 6.23. The molecule has 0 spiro atoms. The fraction of sp³-hybridized carbons (Fsp3) is 0.0588. The van der Waals surface area contributed by atoms with Gasteiger partial charge in [0.2, 0.25) is 5.43 Å². The van der Waals surface area contributed by atoms with E-state index in [2.05, 4.69) is 15.3 Å². The number of carbonyl (C=O) groups is 2. The first-order valence-corrected chi connectivity index (χ1v) is 6.98. The Morgan fingerprint density at radius 2 is 1.96 bits per heavy atom. The van der Waals surface area contributed by atoms with Gasteiger partial charge in [0.05, 0.1) is 5.52 Å². The fourth-order valence-corrected chi connectivity index (χ4v) is 2.29. The number of aromatic amines is 1. The molecule has 23 heavy (non-hydrogen) atoms. The van der Waals surface area contributed by atoms with Gasteiger partial charge in [-0.05, 0) is 17.7 Å². The SMILES string of the molecule is O=CC(NC(=O)c1c[nH]c2cccnc2c1=O)c1ccccc1. The van der Waals surface area contributed by atoms with Crippen LogP contribution in [0.15, 0.2) is 59.7 Å². The zero-order chi connectivity index (χ0) is 16.2. The Labute approximate surface area is 131 Å². The van der Waals surface area contributed by atoms with Crippen molar-refractivity contribution in [2.75, 3.05) is 0 Å². The third kappa shape index (κ3) is 2.87. The van der Waals surface area contributed by atoms with Crippen molar-refractivity contribution in [3.8, 4) is 0 Å². The maximum Gasteiger partial charge on any atom is 0.257 e. The Balaban J connectivity index is 1.93. The van der Waals surface area contributed by atoms with Gasteiger partial charge in [-0.15, -0.1) is 0 Å². The predicted molar refractivity (Wildman–Crippen MR) is 85.1 cm³/mol. The van der Waals surface area contributed by atoms with E-state index in [1.54, 1.807) is 36.4 Å². The molecule has 1 atom stereocenters. The number of nitrogens with one attached hydrogen (secondary N) is 2. The lowest BCUT2D eigenvalue weighted by atomic mass is 10.1. The van der Waals surface area contributed by atoms with Gasteiger partial charge in [-0.25, -0.2) is 0 Å². The monoisotopic (exact) mass is 307 g/mol. The summed E-state index contributed by atoms with van der Waals surface area (Å²) in [5.74, 6) is -0.625. The molecule has 1 unspecified atom stereocenters. The van der Waals surface area contributed by atoms with Crippen LogP contribution in [0.2, 0.25) is 0 Å². The molecule has 3 rings (SSSR count). The molecule has 0 aliphatic rings. The molecule has 0 aliphatic carbocycles. The fourth-order valence-electron chi connectivity index (χ4n) is 2.29. The van der Waals surface area contributed by atoms with Gasteiger partial charge in [0, 0.05) is 12.4 Å². The van der Waals surface area contributed by atoms with E-state index in [0.29, 0.717) is 17.4 Å². The van der Waals surface area contributed by atoms with Crippen molar-refractivity contribution in [1.29, 1.82) is 0 Å².